The van der Waals surface area contributed by atoms with Gasteiger partial charge in [-0.2, -0.15) is 0 Å². The summed E-state index contributed by atoms with van der Waals surface area (Å²) < 4.78 is 16.9. The third kappa shape index (κ3) is 12.2. The summed E-state index contributed by atoms with van der Waals surface area (Å²) in [5.41, 5.74) is 0.988. The molecule has 0 saturated carbocycles. The monoisotopic (exact) mass is 442 g/mol. The lowest BCUT2D eigenvalue weighted by Crippen LogP contribution is -2.35. The summed E-state index contributed by atoms with van der Waals surface area (Å²) in [5.74, 6) is -0.147. The molecule has 1 aliphatic heterocycles. The summed E-state index contributed by atoms with van der Waals surface area (Å²) in [6.07, 6.45) is 21.9. The van der Waals surface area contributed by atoms with Crippen LogP contribution in [0.2, 0.25) is 0 Å². The first-order valence-electron chi connectivity index (χ1n) is 12.6. The number of benzene rings is 1. The number of esters is 1. The van der Waals surface area contributed by atoms with Gasteiger partial charge < -0.3 is 14.2 Å². The molecule has 32 heavy (non-hydrogen) atoms. The van der Waals surface area contributed by atoms with E-state index in [4.69, 9.17) is 14.2 Å². The summed E-state index contributed by atoms with van der Waals surface area (Å²) in [6.45, 7) is 3.01. The maximum absolute atomic E-state index is 12.0. The predicted octanol–water partition coefficient (Wildman–Crippen LogP) is 7.46. The number of rotatable bonds is 16. The molecule has 1 fully saturated rings. The van der Waals surface area contributed by atoms with Crippen molar-refractivity contribution < 1.29 is 19.0 Å². The van der Waals surface area contributed by atoms with Crippen LogP contribution in [0.3, 0.4) is 0 Å². The lowest BCUT2D eigenvalue weighted by Gasteiger charge is -2.29. The molecule has 0 aliphatic carbocycles. The summed E-state index contributed by atoms with van der Waals surface area (Å²) in [7, 11) is 0. The second-order valence-corrected chi connectivity index (χ2v) is 8.50. The largest absolute Gasteiger partial charge is 0.457 e. The van der Waals surface area contributed by atoms with E-state index in [1.54, 1.807) is 0 Å². The van der Waals surface area contributed by atoms with Crippen LogP contribution in [0.25, 0.3) is 0 Å². The van der Waals surface area contributed by atoms with E-state index in [2.05, 4.69) is 31.2 Å². The molecule has 1 saturated heterocycles. The summed E-state index contributed by atoms with van der Waals surface area (Å²) in [5, 5.41) is 0. The highest BCUT2D eigenvalue weighted by molar-refractivity contribution is 5.69. The fourth-order valence-corrected chi connectivity index (χ4v) is 3.68. The molecule has 2 rings (SSSR count). The second-order valence-electron chi connectivity index (χ2n) is 8.50. The quantitative estimate of drug-likeness (QED) is 0.151. The van der Waals surface area contributed by atoms with E-state index in [0.29, 0.717) is 19.6 Å². The van der Waals surface area contributed by atoms with E-state index in [-0.39, 0.29) is 18.4 Å². The standard InChI is InChI=1S/C28H42O4/c1-2-3-4-5-6-7-8-9-10-11-12-13-14-15-19-22-27(29)32-26-23-30-28(31-24-26)25-20-17-16-18-21-25/h6-7,9-10,16-18,20-21,26,28H,2-5,8,11-15,19,22-24H2,1H3. The Labute approximate surface area is 195 Å². The maximum atomic E-state index is 12.0. The molecule has 4 nitrogen and oxygen atoms in total. The molecule has 1 aromatic rings. The molecule has 0 atom stereocenters. The maximum Gasteiger partial charge on any atom is 0.306 e. The van der Waals surface area contributed by atoms with Crippen LogP contribution in [-0.2, 0) is 19.0 Å². The SMILES string of the molecule is CCCCCC=CCC=CCCCCCCCC(=O)OC1COC(c2ccccc2)OC1. The number of hydrogen-bond donors (Lipinski definition) is 0. The van der Waals surface area contributed by atoms with Gasteiger partial charge in [-0.1, -0.05) is 93.7 Å². The number of unbranched alkanes of at least 4 members (excludes halogenated alkanes) is 8. The molecule has 178 valence electrons. The molecular formula is C28H42O4. The van der Waals surface area contributed by atoms with Crippen LogP contribution < -0.4 is 0 Å². The van der Waals surface area contributed by atoms with Crippen LogP contribution in [-0.4, -0.2) is 25.3 Å². The minimum Gasteiger partial charge on any atom is -0.457 e. The zero-order chi connectivity index (χ0) is 22.7. The fraction of sp³-hybridized carbons (Fsp3) is 0.607. The molecule has 1 aromatic carbocycles. The Balaban J connectivity index is 1.39. The molecule has 0 unspecified atom stereocenters. The number of allylic oxidation sites excluding steroid dienone is 4. The summed E-state index contributed by atoms with van der Waals surface area (Å²) in [6, 6.07) is 9.82. The van der Waals surface area contributed by atoms with Crippen molar-refractivity contribution in [2.24, 2.45) is 0 Å². The molecule has 1 heterocycles. The van der Waals surface area contributed by atoms with E-state index in [0.717, 1.165) is 31.2 Å². The van der Waals surface area contributed by atoms with Gasteiger partial charge in [-0.15, -0.1) is 0 Å². The number of hydrogen-bond acceptors (Lipinski definition) is 4. The van der Waals surface area contributed by atoms with E-state index >= 15 is 0 Å². The zero-order valence-corrected chi connectivity index (χ0v) is 19.9. The van der Waals surface area contributed by atoms with Crippen LogP contribution in [0.5, 0.6) is 0 Å². The Bertz CT molecular complexity index is 645. The molecule has 0 N–H and O–H groups in total. The van der Waals surface area contributed by atoms with Crippen LogP contribution in [0.1, 0.15) is 95.8 Å². The first-order chi connectivity index (χ1) is 15.8. The van der Waals surface area contributed by atoms with Gasteiger partial charge in [0, 0.05) is 12.0 Å². The van der Waals surface area contributed by atoms with E-state index in [9.17, 15) is 4.79 Å². The van der Waals surface area contributed by atoms with Gasteiger partial charge in [0.25, 0.3) is 0 Å². The Morgan fingerprint density at radius 1 is 0.875 bits per heavy atom. The van der Waals surface area contributed by atoms with Crippen molar-refractivity contribution in [2.45, 2.75) is 96.4 Å². The van der Waals surface area contributed by atoms with Gasteiger partial charge in [-0.25, -0.2) is 0 Å². The molecule has 4 heteroatoms. The van der Waals surface area contributed by atoms with Crippen molar-refractivity contribution >= 4 is 5.97 Å². The minimum atomic E-state index is -0.368. The number of carbonyl (C=O) groups is 1. The normalized spacial score (nSPS) is 19.0. The van der Waals surface area contributed by atoms with Crippen molar-refractivity contribution in [1.29, 1.82) is 0 Å². The number of ether oxygens (including phenoxy) is 3. The van der Waals surface area contributed by atoms with Crippen molar-refractivity contribution in [3.8, 4) is 0 Å². The van der Waals surface area contributed by atoms with E-state index < -0.39 is 0 Å². The van der Waals surface area contributed by atoms with Gasteiger partial charge in [-0.3, -0.25) is 4.79 Å². The Hall–Kier alpha value is -1.91. The van der Waals surface area contributed by atoms with Gasteiger partial charge in [0.05, 0.1) is 13.2 Å². The van der Waals surface area contributed by atoms with Gasteiger partial charge >= 0.3 is 5.97 Å². The average Bonchev–Trinajstić information content (AvgIpc) is 2.82. The molecule has 0 aromatic heterocycles. The Morgan fingerprint density at radius 2 is 1.50 bits per heavy atom. The molecule has 1 aliphatic rings. The van der Waals surface area contributed by atoms with E-state index in [1.807, 2.05) is 30.3 Å². The van der Waals surface area contributed by atoms with Crippen LogP contribution >= 0.6 is 0 Å². The molecule has 0 spiro atoms. The van der Waals surface area contributed by atoms with Crippen LogP contribution in [0.15, 0.2) is 54.6 Å². The van der Waals surface area contributed by atoms with Crippen molar-refractivity contribution in [1.82, 2.24) is 0 Å². The zero-order valence-electron chi connectivity index (χ0n) is 19.9. The lowest BCUT2D eigenvalue weighted by atomic mass is 10.1. The predicted molar refractivity (Wildman–Crippen MR) is 130 cm³/mol. The highest BCUT2D eigenvalue weighted by Crippen LogP contribution is 2.23. The Morgan fingerprint density at radius 3 is 2.19 bits per heavy atom. The van der Waals surface area contributed by atoms with E-state index in [1.165, 1.54) is 44.9 Å². The van der Waals surface area contributed by atoms with Gasteiger partial charge in [0.15, 0.2) is 6.29 Å². The van der Waals surface area contributed by atoms with Crippen molar-refractivity contribution in [3.63, 3.8) is 0 Å². The third-order valence-corrected chi connectivity index (χ3v) is 5.57. The molecule has 0 amide bonds. The molecule has 0 radical (unpaired) electrons. The minimum absolute atomic E-state index is 0.147. The molecule has 0 bridgehead atoms. The van der Waals surface area contributed by atoms with Crippen molar-refractivity contribution in [3.05, 3.63) is 60.2 Å². The van der Waals surface area contributed by atoms with Gasteiger partial charge in [0.2, 0.25) is 0 Å². The van der Waals surface area contributed by atoms with Crippen molar-refractivity contribution in [2.75, 3.05) is 13.2 Å². The smallest absolute Gasteiger partial charge is 0.306 e. The first-order valence-corrected chi connectivity index (χ1v) is 12.6. The number of carbonyl (C=O) groups excluding carboxylic acids is 1. The van der Waals surface area contributed by atoms with Crippen LogP contribution in [0, 0.1) is 0 Å². The fourth-order valence-electron chi connectivity index (χ4n) is 3.68. The highest BCUT2D eigenvalue weighted by atomic mass is 16.7. The average molecular weight is 443 g/mol. The lowest BCUT2D eigenvalue weighted by molar-refractivity contribution is -0.229. The highest BCUT2D eigenvalue weighted by Gasteiger charge is 2.25. The third-order valence-electron chi connectivity index (χ3n) is 5.57. The van der Waals surface area contributed by atoms with Gasteiger partial charge in [-0.05, 0) is 38.5 Å². The summed E-state index contributed by atoms with van der Waals surface area (Å²) in [4.78, 5) is 12.0. The Kier molecular flexibility index (Phi) is 14.5. The van der Waals surface area contributed by atoms with Gasteiger partial charge in [0.1, 0.15) is 6.10 Å². The molecular weight excluding hydrogens is 400 g/mol. The summed E-state index contributed by atoms with van der Waals surface area (Å²) >= 11 is 0. The van der Waals surface area contributed by atoms with Crippen LogP contribution in [0.4, 0.5) is 0 Å². The topological polar surface area (TPSA) is 44.8 Å². The second kappa shape index (κ2) is 17.6. The first kappa shape index (κ1) is 26.3.